The van der Waals surface area contributed by atoms with Gasteiger partial charge in [-0.15, -0.1) is 0 Å². The van der Waals surface area contributed by atoms with E-state index in [1.54, 1.807) is 0 Å². The van der Waals surface area contributed by atoms with Crippen LogP contribution in [0.3, 0.4) is 0 Å². The molecular weight excluding hydrogens is 394 g/mol. The molecule has 0 aliphatic carbocycles. The zero-order valence-corrected chi connectivity index (χ0v) is 18.0. The van der Waals surface area contributed by atoms with E-state index in [4.69, 9.17) is 4.74 Å². The molecule has 29 heavy (non-hydrogen) atoms. The van der Waals surface area contributed by atoms with Crippen molar-refractivity contribution >= 4 is 27.8 Å². The van der Waals surface area contributed by atoms with E-state index in [9.17, 15) is 23.3 Å². The highest BCUT2D eigenvalue weighted by Gasteiger charge is 2.29. The summed E-state index contributed by atoms with van der Waals surface area (Å²) >= 11 is 0. The lowest BCUT2D eigenvalue weighted by Gasteiger charge is -2.12. The number of esters is 1. The molecule has 1 amide bonds. The molecule has 1 aliphatic rings. The predicted molar refractivity (Wildman–Crippen MR) is 108 cm³/mol. The lowest BCUT2D eigenvalue weighted by Crippen LogP contribution is -2.38. The number of rotatable bonds is 7. The minimum atomic E-state index is -3.11. The summed E-state index contributed by atoms with van der Waals surface area (Å²) in [5, 5.41) is 11.9. The van der Waals surface area contributed by atoms with Crippen LogP contribution >= 0.6 is 0 Å². The lowest BCUT2D eigenvalue weighted by molar-refractivity contribution is -0.144. The van der Waals surface area contributed by atoms with Crippen molar-refractivity contribution in [3.63, 3.8) is 0 Å². The van der Waals surface area contributed by atoms with Gasteiger partial charge in [-0.3, -0.25) is 4.79 Å². The summed E-state index contributed by atoms with van der Waals surface area (Å²) in [7, 11) is -3.11. The van der Waals surface area contributed by atoms with Crippen molar-refractivity contribution in [3.8, 4) is 6.07 Å². The van der Waals surface area contributed by atoms with Crippen molar-refractivity contribution in [2.75, 3.05) is 18.1 Å². The van der Waals surface area contributed by atoms with E-state index in [0.717, 1.165) is 23.5 Å². The summed E-state index contributed by atoms with van der Waals surface area (Å²) in [5.41, 5.74) is 2.51. The molecule has 0 aromatic carbocycles. The Kier molecular flexibility index (Phi) is 7.25. The number of nitrogens with one attached hydrogen (secondary N) is 1. The third-order valence-electron chi connectivity index (χ3n) is 4.73. The second kappa shape index (κ2) is 9.27. The molecule has 0 bridgehead atoms. The highest BCUT2D eigenvalue weighted by atomic mass is 32.2. The van der Waals surface area contributed by atoms with Crippen LogP contribution in [0, 0.1) is 31.1 Å². The number of nitriles is 1. The molecule has 9 heteroatoms. The Balaban J connectivity index is 2.00. The Hall–Kier alpha value is -2.60. The summed E-state index contributed by atoms with van der Waals surface area (Å²) in [6, 6.07) is 3.25. The third kappa shape index (κ3) is 6.19. The van der Waals surface area contributed by atoms with E-state index in [2.05, 4.69) is 23.7 Å². The average molecular weight is 422 g/mol. The molecule has 158 valence electrons. The topological polar surface area (TPSA) is 118 Å². The Morgan fingerprint density at radius 2 is 2.10 bits per heavy atom. The van der Waals surface area contributed by atoms with Crippen molar-refractivity contribution in [3.05, 3.63) is 28.6 Å². The van der Waals surface area contributed by atoms with E-state index in [-0.39, 0.29) is 17.1 Å². The van der Waals surface area contributed by atoms with Crippen LogP contribution in [0.4, 0.5) is 0 Å². The molecule has 1 atom stereocenters. The van der Waals surface area contributed by atoms with Crippen LogP contribution in [0.5, 0.6) is 0 Å². The largest absolute Gasteiger partial charge is 0.451 e. The standard InChI is InChI=1S/C20H27N3O5S/c1-13(2)10-23-14(3)7-16(15(23)4)8-17(9-21)20(25)28-11-19(24)22-18-5-6-29(26,27)12-18/h7-8,13,18H,5-6,10-12H2,1-4H3,(H,22,24)/b17-8+. The van der Waals surface area contributed by atoms with Gasteiger partial charge in [0, 0.05) is 24.0 Å². The molecule has 1 unspecified atom stereocenters. The van der Waals surface area contributed by atoms with E-state index < -0.39 is 34.4 Å². The summed E-state index contributed by atoms with van der Waals surface area (Å²) < 4.78 is 29.9. The molecule has 1 aromatic heterocycles. The summed E-state index contributed by atoms with van der Waals surface area (Å²) in [6.45, 7) is 8.36. The molecule has 1 fully saturated rings. The first-order valence-corrected chi connectivity index (χ1v) is 11.3. The predicted octanol–water partition coefficient (Wildman–Crippen LogP) is 1.51. The Morgan fingerprint density at radius 3 is 2.66 bits per heavy atom. The number of hydrogen-bond donors (Lipinski definition) is 1. The first-order chi connectivity index (χ1) is 13.5. The average Bonchev–Trinajstić information content (AvgIpc) is 3.10. The van der Waals surface area contributed by atoms with Crippen LogP contribution in [0.25, 0.3) is 6.08 Å². The number of hydrogen-bond acceptors (Lipinski definition) is 6. The van der Waals surface area contributed by atoms with Gasteiger partial charge in [0.2, 0.25) is 0 Å². The molecule has 1 aliphatic heterocycles. The zero-order valence-electron chi connectivity index (χ0n) is 17.2. The van der Waals surface area contributed by atoms with Crippen molar-refractivity contribution < 1.29 is 22.7 Å². The molecule has 1 saturated heterocycles. The number of aromatic nitrogens is 1. The van der Waals surface area contributed by atoms with Gasteiger partial charge in [-0.05, 0) is 43.9 Å². The first kappa shape index (κ1) is 22.7. The smallest absolute Gasteiger partial charge is 0.349 e. The highest BCUT2D eigenvalue weighted by molar-refractivity contribution is 7.91. The molecule has 0 radical (unpaired) electrons. The Bertz CT molecular complexity index is 967. The maximum Gasteiger partial charge on any atom is 0.349 e. The summed E-state index contributed by atoms with van der Waals surface area (Å²) in [6.07, 6.45) is 1.81. The molecule has 0 saturated carbocycles. The number of sulfone groups is 1. The van der Waals surface area contributed by atoms with Gasteiger partial charge in [-0.2, -0.15) is 5.26 Å². The van der Waals surface area contributed by atoms with Crippen molar-refractivity contribution in [2.24, 2.45) is 5.92 Å². The first-order valence-electron chi connectivity index (χ1n) is 9.48. The number of aryl methyl sites for hydroxylation is 1. The van der Waals surface area contributed by atoms with Crippen LogP contribution in [0.2, 0.25) is 0 Å². The van der Waals surface area contributed by atoms with Gasteiger partial charge >= 0.3 is 5.97 Å². The molecule has 1 N–H and O–H groups in total. The zero-order chi connectivity index (χ0) is 21.8. The fourth-order valence-electron chi connectivity index (χ4n) is 3.30. The Labute approximate surface area is 171 Å². The van der Waals surface area contributed by atoms with Gasteiger partial charge in [-0.25, -0.2) is 13.2 Å². The molecule has 2 rings (SSSR count). The molecule has 2 heterocycles. The fourth-order valence-corrected chi connectivity index (χ4v) is 4.97. The fraction of sp³-hybridized carbons (Fsp3) is 0.550. The molecule has 1 aromatic rings. The van der Waals surface area contributed by atoms with Gasteiger partial charge in [-0.1, -0.05) is 13.8 Å². The van der Waals surface area contributed by atoms with Gasteiger partial charge < -0.3 is 14.6 Å². The van der Waals surface area contributed by atoms with Gasteiger partial charge in [0.25, 0.3) is 5.91 Å². The van der Waals surface area contributed by atoms with Gasteiger partial charge in [0.15, 0.2) is 16.4 Å². The number of ether oxygens (including phenoxy) is 1. The van der Waals surface area contributed by atoms with Crippen LogP contribution < -0.4 is 5.32 Å². The number of amides is 1. The Morgan fingerprint density at radius 1 is 1.41 bits per heavy atom. The van der Waals surface area contributed by atoms with Crippen molar-refractivity contribution in [1.29, 1.82) is 5.26 Å². The number of carbonyl (C=O) groups is 2. The quantitative estimate of drug-likeness (QED) is 0.405. The maximum absolute atomic E-state index is 12.2. The van der Waals surface area contributed by atoms with E-state index >= 15 is 0 Å². The monoisotopic (exact) mass is 421 g/mol. The lowest BCUT2D eigenvalue weighted by atomic mass is 10.1. The minimum absolute atomic E-state index is 0.0360. The van der Waals surface area contributed by atoms with Crippen LogP contribution in [0.15, 0.2) is 11.6 Å². The van der Waals surface area contributed by atoms with Crippen LogP contribution in [-0.4, -0.2) is 49.0 Å². The second-order valence-corrected chi connectivity index (χ2v) is 9.97. The van der Waals surface area contributed by atoms with E-state index in [0.29, 0.717) is 12.3 Å². The van der Waals surface area contributed by atoms with E-state index in [1.807, 2.05) is 26.0 Å². The molecule has 0 spiro atoms. The summed E-state index contributed by atoms with van der Waals surface area (Å²) in [5.74, 6) is -1.11. The van der Waals surface area contributed by atoms with Crippen LogP contribution in [-0.2, 0) is 30.7 Å². The minimum Gasteiger partial charge on any atom is -0.451 e. The number of carbonyl (C=O) groups excluding carboxylic acids is 2. The molecule has 8 nitrogen and oxygen atoms in total. The summed E-state index contributed by atoms with van der Waals surface area (Å²) in [4.78, 5) is 24.1. The normalized spacial score (nSPS) is 18.5. The van der Waals surface area contributed by atoms with Gasteiger partial charge in [0.1, 0.15) is 11.6 Å². The van der Waals surface area contributed by atoms with Gasteiger partial charge in [0.05, 0.1) is 11.5 Å². The highest BCUT2D eigenvalue weighted by Crippen LogP contribution is 2.20. The van der Waals surface area contributed by atoms with Crippen molar-refractivity contribution in [2.45, 2.75) is 46.7 Å². The van der Waals surface area contributed by atoms with E-state index in [1.165, 1.54) is 6.08 Å². The maximum atomic E-state index is 12.2. The molecular formula is C20H27N3O5S. The van der Waals surface area contributed by atoms with Crippen LogP contribution in [0.1, 0.15) is 37.2 Å². The SMILES string of the molecule is Cc1cc(/C=C(\C#N)C(=O)OCC(=O)NC2CCS(=O)(=O)C2)c(C)n1CC(C)C. The van der Waals surface area contributed by atoms with Crippen molar-refractivity contribution in [1.82, 2.24) is 9.88 Å². The number of nitrogens with zero attached hydrogens (tertiary/aromatic N) is 2. The second-order valence-electron chi connectivity index (χ2n) is 7.74. The third-order valence-corrected chi connectivity index (χ3v) is 6.50.